The summed E-state index contributed by atoms with van der Waals surface area (Å²) in [5, 5.41) is 0.701. The van der Waals surface area contributed by atoms with Gasteiger partial charge in [-0.15, -0.1) is 0 Å². The summed E-state index contributed by atoms with van der Waals surface area (Å²) in [4.78, 5) is 0. The SMILES string of the molecule is CCOc1ccc(CC2(CN)CC2)cc1Cl. The second-order valence-electron chi connectivity index (χ2n) is 4.58. The topological polar surface area (TPSA) is 35.2 Å². The average Bonchev–Trinajstić information content (AvgIpc) is 3.03. The zero-order valence-electron chi connectivity index (χ0n) is 9.63. The van der Waals surface area contributed by atoms with Gasteiger partial charge in [0.05, 0.1) is 11.6 Å². The van der Waals surface area contributed by atoms with Crippen molar-refractivity contribution in [3.05, 3.63) is 28.8 Å². The van der Waals surface area contributed by atoms with Gasteiger partial charge in [-0.05, 0) is 55.8 Å². The van der Waals surface area contributed by atoms with Crippen LogP contribution in [0.2, 0.25) is 5.02 Å². The van der Waals surface area contributed by atoms with Crippen molar-refractivity contribution in [3.8, 4) is 5.75 Å². The highest BCUT2D eigenvalue weighted by atomic mass is 35.5. The highest BCUT2D eigenvalue weighted by Gasteiger charge is 2.40. The lowest BCUT2D eigenvalue weighted by Crippen LogP contribution is -2.17. The third kappa shape index (κ3) is 2.50. The molecule has 0 spiro atoms. The number of nitrogens with two attached hydrogens (primary N) is 1. The molecular formula is C13H18ClNO. The van der Waals surface area contributed by atoms with Gasteiger partial charge in [-0.1, -0.05) is 17.7 Å². The molecule has 1 fully saturated rings. The summed E-state index contributed by atoms with van der Waals surface area (Å²) in [5.74, 6) is 0.769. The van der Waals surface area contributed by atoms with Gasteiger partial charge in [-0.25, -0.2) is 0 Å². The first-order chi connectivity index (χ1) is 7.69. The van der Waals surface area contributed by atoms with Gasteiger partial charge in [0.1, 0.15) is 5.75 Å². The first-order valence-electron chi connectivity index (χ1n) is 5.80. The molecule has 0 aliphatic heterocycles. The molecule has 1 saturated carbocycles. The average molecular weight is 240 g/mol. The molecule has 16 heavy (non-hydrogen) atoms. The van der Waals surface area contributed by atoms with Crippen molar-refractivity contribution in [2.45, 2.75) is 26.2 Å². The van der Waals surface area contributed by atoms with Gasteiger partial charge in [0.2, 0.25) is 0 Å². The van der Waals surface area contributed by atoms with Crippen LogP contribution in [0.1, 0.15) is 25.3 Å². The van der Waals surface area contributed by atoms with Crippen LogP contribution in [0.25, 0.3) is 0 Å². The second-order valence-corrected chi connectivity index (χ2v) is 4.99. The van der Waals surface area contributed by atoms with Crippen LogP contribution in [0.4, 0.5) is 0 Å². The molecule has 0 radical (unpaired) electrons. The maximum absolute atomic E-state index is 6.14. The fourth-order valence-corrected chi connectivity index (χ4v) is 2.25. The van der Waals surface area contributed by atoms with Gasteiger partial charge in [0.15, 0.2) is 0 Å². The largest absolute Gasteiger partial charge is 0.492 e. The highest BCUT2D eigenvalue weighted by Crippen LogP contribution is 2.47. The predicted octanol–water partition coefficient (Wildman–Crippen LogP) is 3.02. The lowest BCUT2D eigenvalue weighted by Gasteiger charge is -2.13. The van der Waals surface area contributed by atoms with E-state index in [1.807, 2.05) is 19.1 Å². The standard InChI is InChI=1S/C13H18ClNO/c1-2-16-12-4-3-10(7-11(12)14)8-13(9-15)5-6-13/h3-4,7H,2,5-6,8-9,15H2,1H3. The van der Waals surface area contributed by atoms with E-state index >= 15 is 0 Å². The molecule has 0 bridgehead atoms. The first kappa shape index (κ1) is 11.7. The van der Waals surface area contributed by atoms with Crippen molar-refractivity contribution in [2.24, 2.45) is 11.1 Å². The van der Waals surface area contributed by atoms with Crippen molar-refractivity contribution in [3.63, 3.8) is 0 Å². The van der Waals surface area contributed by atoms with E-state index in [4.69, 9.17) is 22.1 Å². The molecule has 1 aliphatic carbocycles. The van der Waals surface area contributed by atoms with E-state index in [1.54, 1.807) is 0 Å². The normalized spacial score (nSPS) is 17.2. The van der Waals surface area contributed by atoms with Crippen LogP contribution in [0.15, 0.2) is 18.2 Å². The molecular weight excluding hydrogens is 222 g/mol. The van der Waals surface area contributed by atoms with E-state index in [-0.39, 0.29) is 0 Å². The van der Waals surface area contributed by atoms with Crippen molar-refractivity contribution in [1.29, 1.82) is 0 Å². The molecule has 0 amide bonds. The maximum Gasteiger partial charge on any atom is 0.137 e. The molecule has 88 valence electrons. The lowest BCUT2D eigenvalue weighted by molar-refractivity contribution is 0.340. The van der Waals surface area contributed by atoms with Crippen molar-refractivity contribution in [2.75, 3.05) is 13.2 Å². The lowest BCUT2D eigenvalue weighted by atomic mass is 9.97. The summed E-state index contributed by atoms with van der Waals surface area (Å²) in [5.41, 5.74) is 7.39. The Balaban J connectivity index is 2.09. The fraction of sp³-hybridized carbons (Fsp3) is 0.538. The van der Waals surface area contributed by atoms with E-state index in [9.17, 15) is 0 Å². The van der Waals surface area contributed by atoms with Crippen LogP contribution in [0.3, 0.4) is 0 Å². The Morgan fingerprint density at radius 3 is 2.69 bits per heavy atom. The monoisotopic (exact) mass is 239 g/mol. The van der Waals surface area contributed by atoms with E-state index < -0.39 is 0 Å². The van der Waals surface area contributed by atoms with Gasteiger partial charge >= 0.3 is 0 Å². The number of halogens is 1. The minimum absolute atomic E-state index is 0.358. The zero-order chi connectivity index (χ0) is 11.6. The summed E-state index contributed by atoms with van der Waals surface area (Å²) in [6.07, 6.45) is 3.53. The Labute approximate surface area is 102 Å². The number of benzene rings is 1. The molecule has 1 aromatic carbocycles. The molecule has 0 aromatic heterocycles. The number of hydrogen-bond donors (Lipinski definition) is 1. The zero-order valence-corrected chi connectivity index (χ0v) is 10.4. The van der Waals surface area contributed by atoms with Crippen LogP contribution in [-0.4, -0.2) is 13.2 Å². The Morgan fingerprint density at radius 1 is 1.44 bits per heavy atom. The van der Waals surface area contributed by atoms with Crippen LogP contribution >= 0.6 is 11.6 Å². The van der Waals surface area contributed by atoms with Crippen molar-refractivity contribution < 1.29 is 4.74 Å². The minimum Gasteiger partial charge on any atom is -0.492 e. The summed E-state index contributed by atoms with van der Waals surface area (Å²) in [6, 6.07) is 6.04. The molecule has 0 heterocycles. The predicted molar refractivity (Wildman–Crippen MR) is 67.0 cm³/mol. The third-order valence-electron chi connectivity index (χ3n) is 3.27. The van der Waals surface area contributed by atoms with E-state index in [1.165, 1.54) is 18.4 Å². The highest BCUT2D eigenvalue weighted by molar-refractivity contribution is 6.32. The summed E-state index contributed by atoms with van der Waals surface area (Å²) in [7, 11) is 0. The molecule has 1 aromatic rings. The Hall–Kier alpha value is -0.730. The number of ether oxygens (including phenoxy) is 1. The molecule has 1 aliphatic rings. The quantitative estimate of drug-likeness (QED) is 0.857. The maximum atomic E-state index is 6.14. The van der Waals surface area contributed by atoms with Gasteiger partial charge in [-0.3, -0.25) is 0 Å². The molecule has 3 heteroatoms. The van der Waals surface area contributed by atoms with Gasteiger partial charge < -0.3 is 10.5 Å². The molecule has 0 saturated heterocycles. The van der Waals surface area contributed by atoms with Crippen LogP contribution in [-0.2, 0) is 6.42 Å². The number of rotatable bonds is 5. The first-order valence-corrected chi connectivity index (χ1v) is 6.18. The van der Waals surface area contributed by atoms with Gasteiger partial charge in [0.25, 0.3) is 0 Å². The summed E-state index contributed by atoms with van der Waals surface area (Å²) >= 11 is 6.14. The molecule has 2 rings (SSSR count). The van der Waals surface area contributed by atoms with Gasteiger partial charge in [-0.2, -0.15) is 0 Å². The minimum atomic E-state index is 0.358. The van der Waals surface area contributed by atoms with E-state index in [2.05, 4.69) is 6.07 Å². The van der Waals surface area contributed by atoms with Crippen LogP contribution in [0.5, 0.6) is 5.75 Å². The Kier molecular flexibility index (Phi) is 3.41. The molecule has 0 unspecified atom stereocenters. The Morgan fingerprint density at radius 2 is 2.19 bits per heavy atom. The van der Waals surface area contributed by atoms with Crippen LogP contribution in [0, 0.1) is 5.41 Å². The molecule has 0 atom stereocenters. The fourth-order valence-electron chi connectivity index (χ4n) is 1.99. The van der Waals surface area contributed by atoms with E-state index in [0.29, 0.717) is 17.0 Å². The Bertz CT molecular complexity index is 374. The molecule has 2 nitrogen and oxygen atoms in total. The number of hydrogen-bond acceptors (Lipinski definition) is 2. The summed E-state index contributed by atoms with van der Waals surface area (Å²) in [6.45, 7) is 3.38. The van der Waals surface area contributed by atoms with E-state index in [0.717, 1.165) is 18.7 Å². The smallest absolute Gasteiger partial charge is 0.137 e. The van der Waals surface area contributed by atoms with Crippen molar-refractivity contribution >= 4 is 11.6 Å². The molecule has 2 N–H and O–H groups in total. The van der Waals surface area contributed by atoms with Crippen molar-refractivity contribution in [1.82, 2.24) is 0 Å². The summed E-state index contributed by atoms with van der Waals surface area (Å²) < 4.78 is 5.41. The van der Waals surface area contributed by atoms with Gasteiger partial charge in [0, 0.05) is 0 Å². The van der Waals surface area contributed by atoms with Crippen LogP contribution < -0.4 is 10.5 Å². The third-order valence-corrected chi connectivity index (χ3v) is 3.56. The second kappa shape index (κ2) is 4.64.